The lowest BCUT2D eigenvalue weighted by molar-refractivity contribution is 0.0944. The lowest BCUT2D eigenvalue weighted by Gasteiger charge is -2.17. The summed E-state index contributed by atoms with van der Waals surface area (Å²) in [5.74, 6) is 0.625. The second kappa shape index (κ2) is 6.38. The van der Waals surface area contributed by atoms with E-state index >= 15 is 0 Å². The second-order valence-corrected chi connectivity index (χ2v) is 5.50. The topological polar surface area (TPSA) is 54.0 Å². The van der Waals surface area contributed by atoms with Gasteiger partial charge >= 0.3 is 0 Å². The first kappa shape index (κ1) is 14.5. The first-order valence-corrected chi connectivity index (χ1v) is 6.41. The van der Waals surface area contributed by atoms with E-state index in [2.05, 4.69) is 36.4 Å². The number of nitrogens with one attached hydrogen (secondary N) is 2. The third-order valence-electron chi connectivity index (χ3n) is 2.50. The van der Waals surface area contributed by atoms with E-state index in [-0.39, 0.29) is 11.3 Å². The third kappa shape index (κ3) is 5.17. The number of rotatable bonds is 5. The van der Waals surface area contributed by atoms with Gasteiger partial charge in [0.15, 0.2) is 0 Å². The molecule has 0 unspecified atom stereocenters. The molecule has 18 heavy (non-hydrogen) atoms. The maximum Gasteiger partial charge on any atom is 0.269 e. The lowest BCUT2D eigenvalue weighted by Crippen LogP contribution is -2.28. The van der Waals surface area contributed by atoms with Crippen molar-refractivity contribution in [1.82, 2.24) is 10.3 Å². The summed E-state index contributed by atoms with van der Waals surface area (Å²) >= 11 is 0. The Bertz CT molecular complexity index is 396. The van der Waals surface area contributed by atoms with Crippen LogP contribution >= 0.6 is 0 Å². The van der Waals surface area contributed by atoms with Gasteiger partial charge < -0.3 is 10.6 Å². The average molecular weight is 249 g/mol. The van der Waals surface area contributed by atoms with Gasteiger partial charge in [0.2, 0.25) is 0 Å². The minimum atomic E-state index is -0.112. The molecule has 0 aliphatic carbocycles. The molecule has 1 amide bonds. The van der Waals surface area contributed by atoms with Crippen molar-refractivity contribution in [2.24, 2.45) is 5.41 Å². The SMILES string of the molecule is CCNc1cccc(C(=O)NCCC(C)(C)C)n1. The zero-order valence-corrected chi connectivity index (χ0v) is 11.7. The molecule has 1 aromatic heterocycles. The smallest absolute Gasteiger partial charge is 0.269 e. The maximum absolute atomic E-state index is 11.9. The first-order valence-electron chi connectivity index (χ1n) is 6.41. The van der Waals surface area contributed by atoms with E-state index < -0.39 is 0 Å². The van der Waals surface area contributed by atoms with Crippen LogP contribution in [-0.2, 0) is 0 Å². The van der Waals surface area contributed by atoms with Crippen molar-refractivity contribution in [2.45, 2.75) is 34.1 Å². The van der Waals surface area contributed by atoms with Crippen LogP contribution in [0.2, 0.25) is 0 Å². The lowest BCUT2D eigenvalue weighted by atomic mass is 9.92. The van der Waals surface area contributed by atoms with Crippen LogP contribution in [0.25, 0.3) is 0 Å². The summed E-state index contributed by atoms with van der Waals surface area (Å²) in [7, 11) is 0. The number of pyridine rings is 1. The highest BCUT2D eigenvalue weighted by Crippen LogP contribution is 2.17. The van der Waals surface area contributed by atoms with E-state index in [4.69, 9.17) is 0 Å². The van der Waals surface area contributed by atoms with Gasteiger partial charge in [-0.05, 0) is 30.9 Å². The highest BCUT2D eigenvalue weighted by Gasteiger charge is 2.12. The number of carbonyl (C=O) groups excluding carboxylic acids is 1. The molecular formula is C14H23N3O. The highest BCUT2D eigenvalue weighted by molar-refractivity contribution is 5.92. The van der Waals surface area contributed by atoms with Crippen molar-refractivity contribution in [3.63, 3.8) is 0 Å². The van der Waals surface area contributed by atoms with Crippen molar-refractivity contribution in [3.8, 4) is 0 Å². The zero-order chi connectivity index (χ0) is 13.6. The Morgan fingerprint density at radius 3 is 2.67 bits per heavy atom. The van der Waals surface area contributed by atoms with Crippen LogP contribution in [0.4, 0.5) is 5.82 Å². The Morgan fingerprint density at radius 1 is 1.33 bits per heavy atom. The second-order valence-electron chi connectivity index (χ2n) is 5.50. The third-order valence-corrected chi connectivity index (χ3v) is 2.50. The summed E-state index contributed by atoms with van der Waals surface area (Å²) < 4.78 is 0. The van der Waals surface area contributed by atoms with Gasteiger partial charge in [0.25, 0.3) is 5.91 Å². The van der Waals surface area contributed by atoms with Crippen LogP contribution in [0.3, 0.4) is 0 Å². The summed E-state index contributed by atoms with van der Waals surface area (Å²) in [5.41, 5.74) is 0.689. The van der Waals surface area contributed by atoms with E-state index in [1.165, 1.54) is 0 Å². The van der Waals surface area contributed by atoms with E-state index in [9.17, 15) is 4.79 Å². The molecule has 1 rings (SSSR count). The highest BCUT2D eigenvalue weighted by atomic mass is 16.1. The van der Waals surface area contributed by atoms with Crippen molar-refractivity contribution < 1.29 is 4.79 Å². The number of hydrogen-bond donors (Lipinski definition) is 2. The van der Waals surface area contributed by atoms with Crippen molar-refractivity contribution in [1.29, 1.82) is 0 Å². The zero-order valence-electron chi connectivity index (χ0n) is 11.7. The number of carbonyl (C=O) groups is 1. The largest absolute Gasteiger partial charge is 0.370 e. The number of amides is 1. The molecule has 0 aliphatic rings. The van der Waals surface area contributed by atoms with E-state index in [0.717, 1.165) is 18.8 Å². The predicted molar refractivity (Wildman–Crippen MR) is 74.8 cm³/mol. The van der Waals surface area contributed by atoms with Gasteiger partial charge in [-0.2, -0.15) is 0 Å². The number of anilines is 1. The standard InChI is InChI=1S/C14H23N3O/c1-5-15-12-8-6-7-11(17-12)13(18)16-10-9-14(2,3)4/h6-8H,5,9-10H2,1-4H3,(H,15,17)(H,16,18). The molecule has 0 bridgehead atoms. The fourth-order valence-corrected chi connectivity index (χ4v) is 1.48. The molecule has 0 fully saturated rings. The molecule has 2 N–H and O–H groups in total. The van der Waals surface area contributed by atoms with Gasteiger partial charge in [-0.1, -0.05) is 26.8 Å². The molecule has 0 aromatic carbocycles. The molecular weight excluding hydrogens is 226 g/mol. The molecule has 4 heteroatoms. The molecule has 0 spiro atoms. The summed E-state index contributed by atoms with van der Waals surface area (Å²) in [6.07, 6.45) is 0.950. The molecule has 0 saturated carbocycles. The van der Waals surface area contributed by atoms with Crippen LogP contribution in [-0.4, -0.2) is 24.0 Å². The van der Waals surface area contributed by atoms with Crippen molar-refractivity contribution in [3.05, 3.63) is 23.9 Å². The Balaban J connectivity index is 2.53. The fraction of sp³-hybridized carbons (Fsp3) is 0.571. The van der Waals surface area contributed by atoms with Crippen LogP contribution in [0, 0.1) is 5.41 Å². The number of nitrogens with zero attached hydrogens (tertiary/aromatic N) is 1. The van der Waals surface area contributed by atoms with Gasteiger partial charge in [0.1, 0.15) is 11.5 Å². The fourth-order valence-electron chi connectivity index (χ4n) is 1.48. The van der Waals surface area contributed by atoms with Gasteiger partial charge in [-0.3, -0.25) is 4.79 Å². The van der Waals surface area contributed by atoms with Gasteiger partial charge in [0.05, 0.1) is 0 Å². The van der Waals surface area contributed by atoms with E-state index in [1.54, 1.807) is 6.07 Å². The maximum atomic E-state index is 11.9. The summed E-state index contributed by atoms with van der Waals surface area (Å²) in [4.78, 5) is 16.1. The van der Waals surface area contributed by atoms with Crippen LogP contribution in [0.5, 0.6) is 0 Å². The quantitative estimate of drug-likeness (QED) is 0.843. The van der Waals surface area contributed by atoms with Gasteiger partial charge in [0, 0.05) is 13.1 Å². The molecule has 0 saturated heterocycles. The summed E-state index contributed by atoms with van der Waals surface area (Å²) in [6, 6.07) is 5.42. The molecule has 0 radical (unpaired) electrons. The van der Waals surface area contributed by atoms with Gasteiger partial charge in [-0.25, -0.2) is 4.98 Å². The van der Waals surface area contributed by atoms with Gasteiger partial charge in [-0.15, -0.1) is 0 Å². The summed E-state index contributed by atoms with van der Waals surface area (Å²) in [5, 5.41) is 5.99. The molecule has 4 nitrogen and oxygen atoms in total. The number of aromatic nitrogens is 1. The van der Waals surface area contributed by atoms with E-state index in [0.29, 0.717) is 12.2 Å². The molecule has 100 valence electrons. The minimum Gasteiger partial charge on any atom is -0.370 e. The molecule has 0 atom stereocenters. The molecule has 1 aromatic rings. The first-order chi connectivity index (χ1) is 8.42. The Kier molecular flexibility index (Phi) is 5.13. The van der Waals surface area contributed by atoms with Crippen LogP contribution in [0.1, 0.15) is 44.6 Å². The molecule has 1 heterocycles. The minimum absolute atomic E-state index is 0.112. The van der Waals surface area contributed by atoms with E-state index in [1.807, 2.05) is 19.1 Å². The Labute approximate surface area is 109 Å². The Morgan fingerprint density at radius 2 is 2.06 bits per heavy atom. The monoisotopic (exact) mass is 249 g/mol. The Hall–Kier alpha value is -1.58. The van der Waals surface area contributed by atoms with Crippen molar-refractivity contribution in [2.75, 3.05) is 18.4 Å². The predicted octanol–water partition coefficient (Wildman–Crippen LogP) is 2.68. The van der Waals surface area contributed by atoms with Crippen molar-refractivity contribution >= 4 is 11.7 Å². The average Bonchev–Trinajstić information content (AvgIpc) is 2.28. The van der Waals surface area contributed by atoms with Crippen LogP contribution < -0.4 is 10.6 Å². The van der Waals surface area contributed by atoms with Crippen LogP contribution in [0.15, 0.2) is 18.2 Å². The summed E-state index contributed by atoms with van der Waals surface area (Å²) in [6.45, 7) is 9.94. The normalized spacial score (nSPS) is 11.1. The number of hydrogen-bond acceptors (Lipinski definition) is 3. The molecule has 0 aliphatic heterocycles.